The SMILES string of the molecule is CC(CNc1n[nH]c(=S)s1)S(C)=O. The lowest BCUT2D eigenvalue weighted by Gasteiger charge is -2.07. The lowest BCUT2D eigenvalue weighted by Crippen LogP contribution is -2.20. The van der Waals surface area contributed by atoms with Crippen LogP contribution >= 0.6 is 23.6 Å². The molecule has 0 saturated carbocycles. The van der Waals surface area contributed by atoms with Crippen molar-refractivity contribution in [2.75, 3.05) is 18.1 Å². The van der Waals surface area contributed by atoms with Crippen molar-refractivity contribution in [2.45, 2.75) is 12.2 Å². The molecule has 2 unspecified atom stereocenters. The number of anilines is 1. The molecule has 1 aromatic rings. The monoisotopic (exact) mass is 237 g/mol. The Morgan fingerprint density at radius 2 is 2.54 bits per heavy atom. The molecule has 4 nitrogen and oxygen atoms in total. The summed E-state index contributed by atoms with van der Waals surface area (Å²) in [5, 5.41) is 10.5. The van der Waals surface area contributed by atoms with Crippen LogP contribution in [0.25, 0.3) is 0 Å². The maximum Gasteiger partial charge on any atom is 0.204 e. The number of nitrogens with zero attached hydrogens (tertiary/aromatic N) is 1. The van der Waals surface area contributed by atoms with Crippen LogP contribution in [-0.2, 0) is 10.8 Å². The molecule has 0 aliphatic carbocycles. The van der Waals surface area contributed by atoms with Gasteiger partial charge in [-0.05, 0) is 19.1 Å². The van der Waals surface area contributed by atoms with Crippen LogP contribution in [0.5, 0.6) is 0 Å². The van der Waals surface area contributed by atoms with Crippen molar-refractivity contribution in [1.82, 2.24) is 10.2 Å². The van der Waals surface area contributed by atoms with Gasteiger partial charge < -0.3 is 5.32 Å². The molecule has 1 rings (SSSR count). The molecular weight excluding hydrogens is 226 g/mol. The molecular formula is C6H11N3OS3. The highest BCUT2D eigenvalue weighted by molar-refractivity contribution is 7.84. The molecule has 7 heteroatoms. The molecule has 0 fully saturated rings. The zero-order valence-electron chi connectivity index (χ0n) is 7.36. The van der Waals surface area contributed by atoms with Gasteiger partial charge >= 0.3 is 0 Å². The number of aromatic amines is 1. The third kappa shape index (κ3) is 3.53. The molecule has 0 spiro atoms. The zero-order valence-corrected chi connectivity index (χ0v) is 9.81. The summed E-state index contributed by atoms with van der Waals surface area (Å²) >= 11 is 6.24. The predicted molar refractivity (Wildman–Crippen MR) is 59.3 cm³/mol. The first-order valence-corrected chi connectivity index (χ1v) is 6.56. The minimum Gasteiger partial charge on any atom is -0.359 e. The van der Waals surface area contributed by atoms with Crippen LogP contribution in [0.2, 0.25) is 0 Å². The van der Waals surface area contributed by atoms with Gasteiger partial charge in [0.05, 0.1) is 0 Å². The van der Waals surface area contributed by atoms with Gasteiger partial charge in [-0.25, -0.2) is 0 Å². The Hall–Kier alpha value is -0.270. The summed E-state index contributed by atoms with van der Waals surface area (Å²) in [5.74, 6) is 0. The molecule has 2 N–H and O–H groups in total. The van der Waals surface area contributed by atoms with Gasteiger partial charge in [0.2, 0.25) is 5.13 Å². The van der Waals surface area contributed by atoms with Crippen molar-refractivity contribution in [3.8, 4) is 0 Å². The normalized spacial score (nSPS) is 15.2. The van der Waals surface area contributed by atoms with E-state index in [1.54, 1.807) is 6.26 Å². The molecule has 0 aliphatic heterocycles. The first-order valence-electron chi connectivity index (χ1n) is 3.71. The summed E-state index contributed by atoms with van der Waals surface area (Å²) in [6.07, 6.45) is 1.69. The van der Waals surface area contributed by atoms with E-state index in [1.807, 2.05) is 6.92 Å². The Balaban J connectivity index is 2.43. The molecule has 0 saturated heterocycles. The second kappa shape index (κ2) is 4.83. The first kappa shape index (κ1) is 10.8. The molecule has 0 amide bonds. The van der Waals surface area contributed by atoms with Gasteiger partial charge in [0.15, 0.2) is 3.95 Å². The Bertz CT molecular complexity index is 345. The summed E-state index contributed by atoms with van der Waals surface area (Å²) in [7, 11) is -0.799. The third-order valence-corrected chi connectivity index (χ3v) is 3.89. The maximum absolute atomic E-state index is 11.0. The highest BCUT2D eigenvalue weighted by Crippen LogP contribution is 2.10. The zero-order chi connectivity index (χ0) is 9.84. The molecule has 0 aliphatic rings. The van der Waals surface area contributed by atoms with Crippen LogP contribution < -0.4 is 5.32 Å². The van der Waals surface area contributed by atoms with E-state index in [0.29, 0.717) is 10.5 Å². The average Bonchev–Trinajstić information content (AvgIpc) is 2.47. The van der Waals surface area contributed by atoms with Gasteiger partial charge in [0.1, 0.15) is 0 Å². The average molecular weight is 237 g/mol. The number of nitrogens with one attached hydrogen (secondary N) is 2. The first-order chi connectivity index (χ1) is 6.09. The topological polar surface area (TPSA) is 57.8 Å². The summed E-state index contributed by atoms with van der Waals surface area (Å²) in [4.78, 5) is 0. The molecule has 0 radical (unpaired) electrons. The van der Waals surface area contributed by atoms with E-state index in [-0.39, 0.29) is 5.25 Å². The van der Waals surface area contributed by atoms with E-state index in [9.17, 15) is 4.21 Å². The molecule has 2 atom stereocenters. The van der Waals surface area contributed by atoms with Gasteiger partial charge in [0.25, 0.3) is 0 Å². The second-order valence-corrected chi connectivity index (χ2v) is 6.08. The van der Waals surface area contributed by atoms with Crippen LogP contribution in [0.4, 0.5) is 5.13 Å². The highest BCUT2D eigenvalue weighted by atomic mass is 32.2. The van der Waals surface area contributed by atoms with E-state index in [2.05, 4.69) is 15.5 Å². The van der Waals surface area contributed by atoms with Gasteiger partial charge in [0, 0.05) is 28.9 Å². The van der Waals surface area contributed by atoms with Gasteiger partial charge in [-0.1, -0.05) is 11.3 Å². The van der Waals surface area contributed by atoms with Crippen molar-refractivity contribution in [1.29, 1.82) is 0 Å². The van der Waals surface area contributed by atoms with Crippen LogP contribution in [0.15, 0.2) is 0 Å². The van der Waals surface area contributed by atoms with Crippen molar-refractivity contribution in [3.05, 3.63) is 3.95 Å². The summed E-state index contributed by atoms with van der Waals surface area (Å²) in [6, 6.07) is 0. The molecule has 0 aromatic carbocycles. The van der Waals surface area contributed by atoms with Gasteiger partial charge in [-0.15, -0.1) is 5.10 Å². The summed E-state index contributed by atoms with van der Waals surface area (Å²) in [6.45, 7) is 2.58. The smallest absolute Gasteiger partial charge is 0.204 e. The van der Waals surface area contributed by atoms with E-state index < -0.39 is 10.8 Å². The predicted octanol–water partition coefficient (Wildman–Crippen LogP) is 1.38. The number of hydrogen-bond acceptors (Lipinski definition) is 5. The largest absolute Gasteiger partial charge is 0.359 e. The number of hydrogen-bond donors (Lipinski definition) is 2. The summed E-state index contributed by atoms with van der Waals surface area (Å²) in [5.41, 5.74) is 0. The standard InChI is InChI=1S/C6H11N3OS3/c1-4(13(2)10)3-7-5-8-9-6(11)12-5/h4H,3H2,1-2H3,(H,7,8)(H,9,11). The Labute approximate surface area is 88.2 Å². The molecule has 0 bridgehead atoms. The van der Waals surface area contributed by atoms with Crippen molar-refractivity contribution < 1.29 is 4.21 Å². The minimum atomic E-state index is -0.799. The van der Waals surface area contributed by atoms with Crippen molar-refractivity contribution in [2.24, 2.45) is 0 Å². The quantitative estimate of drug-likeness (QED) is 0.777. The fraction of sp³-hybridized carbons (Fsp3) is 0.667. The molecule has 1 heterocycles. The minimum absolute atomic E-state index is 0.123. The number of rotatable bonds is 4. The van der Waals surface area contributed by atoms with Gasteiger partial charge in [-0.3, -0.25) is 9.31 Å². The van der Waals surface area contributed by atoms with E-state index in [1.165, 1.54) is 11.3 Å². The van der Waals surface area contributed by atoms with Crippen molar-refractivity contribution >= 4 is 39.5 Å². The van der Waals surface area contributed by atoms with Crippen LogP contribution in [0, 0.1) is 3.95 Å². The third-order valence-electron chi connectivity index (χ3n) is 1.55. The fourth-order valence-corrected chi connectivity index (χ4v) is 1.77. The molecule has 74 valence electrons. The lowest BCUT2D eigenvalue weighted by molar-refractivity contribution is 0.679. The van der Waals surface area contributed by atoms with Gasteiger partial charge in [-0.2, -0.15) is 0 Å². The van der Waals surface area contributed by atoms with E-state index >= 15 is 0 Å². The van der Waals surface area contributed by atoms with Crippen LogP contribution in [0.3, 0.4) is 0 Å². The molecule has 13 heavy (non-hydrogen) atoms. The number of H-pyrrole nitrogens is 1. The Morgan fingerprint density at radius 1 is 1.85 bits per heavy atom. The van der Waals surface area contributed by atoms with E-state index in [4.69, 9.17) is 12.2 Å². The van der Waals surface area contributed by atoms with Crippen LogP contribution in [-0.4, -0.2) is 32.5 Å². The Kier molecular flexibility index (Phi) is 4.01. The second-order valence-electron chi connectivity index (χ2n) is 2.61. The lowest BCUT2D eigenvalue weighted by atomic mass is 10.5. The van der Waals surface area contributed by atoms with Crippen molar-refractivity contribution in [3.63, 3.8) is 0 Å². The maximum atomic E-state index is 11.0. The van der Waals surface area contributed by atoms with E-state index in [0.717, 1.165) is 5.13 Å². The highest BCUT2D eigenvalue weighted by Gasteiger charge is 2.06. The number of aromatic nitrogens is 2. The fourth-order valence-electron chi connectivity index (χ4n) is 0.654. The molecule has 1 aromatic heterocycles. The van der Waals surface area contributed by atoms with Crippen LogP contribution in [0.1, 0.15) is 6.92 Å². The Morgan fingerprint density at radius 3 is 3.00 bits per heavy atom. The summed E-state index contributed by atoms with van der Waals surface area (Å²) < 4.78 is 11.6.